The van der Waals surface area contributed by atoms with Gasteiger partial charge in [0.15, 0.2) is 0 Å². The Morgan fingerprint density at radius 1 is 0.976 bits per heavy atom. The number of hydrogen-bond acceptors (Lipinski definition) is 6. The number of carbonyl (C=O) groups is 1. The van der Waals surface area contributed by atoms with Crippen LogP contribution in [0.2, 0.25) is 0 Å². The summed E-state index contributed by atoms with van der Waals surface area (Å²) in [5.41, 5.74) is 4.75. The van der Waals surface area contributed by atoms with Crippen LogP contribution in [0.15, 0.2) is 77.8 Å². The van der Waals surface area contributed by atoms with Gasteiger partial charge in [0.05, 0.1) is 24.4 Å². The van der Waals surface area contributed by atoms with Crippen LogP contribution >= 0.6 is 0 Å². The van der Waals surface area contributed by atoms with Gasteiger partial charge in [0.25, 0.3) is 10.0 Å². The summed E-state index contributed by atoms with van der Waals surface area (Å²) in [4.78, 5) is 15.0. The number of halogens is 2. The highest BCUT2D eigenvalue weighted by Crippen LogP contribution is 2.35. The maximum atomic E-state index is 14.3. The topological polar surface area (TPSA) is 115 Å². The molecule has 0 aliphatic heterocycles. The molecule has 0 aliphatic rings. The van der Waals surface area contributed by atoms with E-state index in [1.54, 1.807) is 4.68 Å². The minimum Gasteiger partial charge on any atom is -0.480 e. The molecule has 0 saturated heterocycles. The Bertz CT molecular complexity index is 1920. The van der Waals surface area contributed by atoms with E-state index in [9.17, 15) is 22.0 Å². The highest BCUT2D eigenvalue weighted by molar-refractivity contribution is 7.92. The number of rotatable bonds is 8. The first-order valence-electron chi connectivity index (χ1n) is 12.8. The standard InChI is InChI=1S/C30H27F2N5O4S/c1-17(34-18(2)38)19-5-7-20(8-6-19)29-24-13-21(9-11-26(24)35-37(29)3)22-14-27(30(41-4)33-16-22)36-42(39,40)28-12-10-23(31)15-25(28)32/h5-17,36H,1-4H3,(H,34,38)/t17-/m1/s1. The Balaban J connectivity index is 1.52. The number of fused-ring (bicyclic) bond motifs is 1. The molecule has 12 heteroatoms. The zero-order valence-electron chi connectivity index (χ0n) is 23.1. The Labute approximate surface area is 241 Å². The number of pyridine rings is 1. The Kier molecular flexibility index (Phi) is 7.65. The van der Waals surface area contributed by atoms with Crippen LogP contribution in [-0.4, -0.2) is 36.2 Å². The molecule has 0 unspecified atom stereocenters. The Morgan fingerprint density at radius 2 is 1.69 bits per heavy atom. The number of anilines is 1. The van der Waals surface area contributed by atoms with Gasteiger partial charge in [-0.1, -0.05) is 30.3 Å². The minimum absolute atomic E-state index is 0.0193. The van der Waals surface area contributed by atoms with Gasteiger partial charge in [0, 0.05) is 42.7 Å². The van der Waals surface area contributed by atoms with Crippen LogP contribution in [0.5, 0.6) is 5.88 Å². The lowest BCUT2D eigenvalue weighted by Gasteiger charge is -2.14. The fourth-order valence-electron chi connectivity index (χ4n) is 4.78. The van der Waals surface area contributed by atoms with Crippen molar-refractivity contribution in [3.05, 3.63) is 90.1 Å². The summed E-state index contributed by atoms with van der Waals surface area (Å²) < 4.78 is 62.9. The maximum Gasteiger partial charge on any atom is 0.264 e. The summed E-state index contributed by atoms with van der Waals surface area (Å²) in [7, 11) is -1.26. The van der Waals surface area contributed by atoms with Gasteiger partial charge in [-0.05, 0) is 48.4 Å². The van der Waals surface area contributed by atoms with E-state index >= 15 is 0 Å². The predicted molar refractivity (Wildman–Crippen MR) is 155 cm³/mol. The molecule has 216 valence electrons. The molecule has 5 rings (SSSR count). The molecule has 2 N–H and O–H groups in total. The van der Waals surface area contributed by atoms with Crippen molar-refractivity contribution in [2.75, 3.05) is 11.8 Å². The first-order valence-corrected chi connectivity index (χ1v) is 14.3. The quantitative estimate of drug-likeness (QED) is 0.243. The molecule has 42 heavy (non-hydrogen) atoms. The number of carbonyl (C=O) groups excluding carboxylic acids is 1. The first kappa shape index (κ1) is 28.7. The molecule has 0 bridgehead atoms. The Morgan fingerprint density at radius 3 is 2.36 bits per heavy atom. The van der Waals surface area contributed by atoms with Crippen LogP contribution < -0.4 is 14.8 Å². The van der Waals surface area contributed by atoms with Crippen LogP contribution in [0.25, 0.3) is 33.3 Å². The number of nitrogens with zero attached hydrogens (tertiary/aromatic N) is 3. The normalized spacial score (nSPS) is 12.2. The highest BCUT2D eigenvalue weighted by Gasteiger charge is 2.22. The third-order valence-electron chi connectivity index (χ3n) is 6.74. The van der Waals surface area contributed by atoms with Gasteiger partial charge in [0.1, 0.15) is 22.2 Å². The smallest absolute Gasteiger partial charge is 0.264 e. The van der Waals surface area contributed by atoms with Crippen molar-refractivity contribution in [2.45, 2.75) is 24.8 Å². The minimum atomic E-state index is -4.43. The van der Waals surface area contributed by atoms with E-state index in [-0.39, 0.29) is 23.5 Å². The lowest BCUT2D eigenvalue weighted by molar-refractivity contribution is -0.119. The van der Waals surface area contributed by atoms with Gasteiger partial charge in [-0.15, -0.1) is 0 Å². The summed E-state index contributed by atoms with van der Waals surface area (Å²) in [5, 5.41) is 8.36. The van der Waals surface area contributed by atoms with E-state index in [4.69, 9.17) is 4.74 Å². The predicted octanol–water partition coefficient (Wildman–Crippen LogP) is 5.59. The maximum absolute atomic E-state index is 14.3. The number of methoxy groups -OCH3 is 1. The van der Waals surface area contributed by atoms with Crippen LogP contribution in [0.3, 0.4) is 0 Å². The number of nitrogens with one attached hydrogen (secondary N) is 2. The average Bonchev–Trinajstić information content (AvgIpc) is 3.27. The Hall–Kier alpha value is -4.84. The van der Waals surface area contributed by atoms with E-state index in [0.717, 1.165) is 45.4 Å². The number of aryl methyl sites for hydroxylation is 1. The van der Waals surface area contributed by atoms with Crippen LogP contribution in [0, 0.1) is 11.6 Å². The van der Waals surface area contributed by atoms with E-state index in [0.29, 0.717) is 11.6 Å². The first-order chi connectivity index (χ1) is 20.0. The van der Waals surface area contributed by atoms with E-state index in [1.165, 1.54) is 26.3 Å². The lowest BCUT2D eigenvalue weighted by atomic mass is 10.00. The van der Waals surface area contributed by atoms with Crippen LogP contribution in [0.1, 0.15) is 25.5 Å². The number of hydrogen-bond donors (Lipinski definition) is 2. The second kappa shape index (κ2) is 11.2. The zero-order valence-corrected chi connectivity index (χ0v) is 24.0. The van der Waals surface area contributed by atoms with E-state index in [1.807, 2.05) is 56.4 Å². The molecule has 0 spiro atoms. The number of aromatic nitrogens is 3. The molecule has 2 aromatic heterocycles. The third kappa shape index (κ3) is 5.66. The molecule has 5 aromatic rings. The van der Waals surface area contributed by atoms with Crippen molar-refractivity contribution < 1.29 is 26.7 Å². The molecular weight excluding hydrogens is 564 g/mol. The molecular formula is C30H27F2N5O4S. The number of amides is 1. The summed E-state index contributed by atoms with van der Waals surface area (Å²) in [6.07, 6.45) is 1.53. The van der Waals surface area contributed by atoms with Crippen LogP contribution in [0.4, 0.5) is 14.5 Å². The average molecular weight is 592 g/mol. The molecule has 1 amide bonds. The lowest BCUT2D eigenvalue weighted by Crippen LogP contribution is -2.23. The van der Waals surface area contributed by atoms with Crippen molar-refractivity contribution in [1.29, 1.82) is 0 Å². The third-order valence-corrected chi connectivity index (χ3v) is 8.14. The van der Waals surface area contributed by atoms with Crippen LogP contribution in [-0.2, 0) is 21.9 Å². The summed E-state index contributed by atoms with van der Waals surface area (Å²) in [5.74, 6) is -2.25. The molecule has 0 saturated carbocycles. The molecule has 1 atom stereocenters. The highest BCUT2D eigenvalue weighted by atomic mass is 32.2. The molecule has 0 aliphatic carbocycles. The van der Waals surface area contributed by atoms with Gasteiger partial charge in [0.2, 0.25) is 11.8 Å². The summed E-state index contributed by atoms with van der Waals surface area (Å²) in [6.45, 7) is 3.39. The van der Waals surface area contributed by atoms with E-state index < -0.39 is 26.6 Å². The van der Waals surface area contributed by atoms with Crippen molar-refractivity contribution in [1.82, 2.24) is 20.1 Å². The molecule has 2 heterocycles. The van der Waals surface area contributed by atoms with Gasteiger partial charge < -0.3 is 10.1 Å². The summed E-state index contributed by atoms with van der Waals surface area (Å²) >= 11 is 0. The SMILES string of the molecule is COc1ncc(-c2ccc3nn(C)c(-c4ccc([C@@H](C)NC(C)=O)cc4)c3c2)cc1NS(=O)(=O)c1ccc(F)cc1F. The fourth-order valence-corrected chi connectivity index (χ4v) is 5.89. The number of benzene rings is 3. The van der Waals surface area contributed by atoms with Crippen molar-refractivity contribution >= 4 is 32.5 Å². The van der Waals surface area contributed by atoms with Gasteiger partial charge in [-0.25, -0.2) is 22.2 Å². The monoisotopic (exact) mass is 591 g/mol. The second-order valence-electron chi connectivity index (χ2n) is 9.71. The van der Waals surface area contributed by atoms with Gasteiger partial charge in [-0.2, -0.15) is 5.10 Å². The zero-order chi connectivity index (χ0) is 30.2. The van der Waals surface area contributed by atoms with Crippen molar-refractivity contribution in [2.24, 2.45) is 7.05 Å². The number of ether oxygens (including phenoxy) is 1. The largest absolute Gasteiger partial charge is 0.480 e. The van der Waals surface area contributed by atoms with Gasteiger partial charge in [-0.3, -0.25) is 14.2 Å². The fraction of sp³-hybridized carbons (Fsp3) is 0.167. The number of sulfonamides is 1. The molecule has 3 aromatic carbocycles. The summed E-state index contributed by atoms with van der Waals surface area (Å²) in [6, 6.07) is 17.0. The molecule has 0 radical (unpaired) electrons. The van der Waals surface area contributed by atoms with Crippen molar-refractivity contribution in [3.63, 3.8) is 0 Å². The molecule has 9 nitrogen and oxygen atoms in total. The van der Waals surface area contributed by atoms with E-state index in [2.05, 4.69) is 20.1 Å². The van der Waals surface area contributed by atoms with Gasteiger partial charge >= 0.3 is 0 Å². The second-order valence-corrected chi connectivity index (χ2v) is 11.4. The molecule has 0 fully saturated rings. The van der Waals surface area contributed by atoms with Crippen molar-refractivity contribution in [3.8, 4) is 28.3 Å².